The first-order chi connectivity index (χ1) is 6.94. The summed E-state index contributed by atoms with van der Waals surface area (Å²) in [6, 6.07) is 0. The first-order valence-corrected chi connectivity index (χ1v) is 5.82. The summed E-state index contributed by atoms with van der Waals surface area (Å²) in [5, 5.41) is 0. The number of allylic oxidation sites excluding steroid dienone is 3. The van der Waals surface area contributed by atoms with E-state index in [0.717, 1.165) is 29.9 Å². The van der Waals surface area contributed by atoms with E-state index in [1.54, 1.807) is 0 Å². The Morgan fingerprint density at radius 3 is 2.67 bits per heavy atom. The third-order valence-corrected chi connectivity index (χ3v) is 4.08. The Bertz CT molecular complexity index is 346. The maximum Gasteiger partial charge on any atom is 0.159 e. The fourth-order valence-corrected chi connectivity index (χ4v) is 2.94. The van der Waals surface area contributed by atoms with Crippen molar-refractivity contribution in [3.05, 3.63) is 23.8 Å². The average Bonchev–Trinajstić information content (AvgIpc) is 2.58. The van der Waals surface area contributed by atoms with Crippen LogP contribution in [-0.4, -0.2) is 5.78 Å². The Morgan fingerprint density at radius 1 is 1.53 bits per heavy atom. The lowest BCUT2D eigenvalue weighted by Crippen LogP contribution is -2.07. The monoisotopic (exact) mass is 204 g/mol. The van der Waals surface area contributed by atoms with Gasteiger partial charge in [0.2, 0.25) is 0 Å². The van der Waals surface area contributed by atoms with Crippen LogP contribution >= 0.6 is 0 Å². The smallest absolute Gasteiger partial charge is 0.159 e. The van der Waals surface area contributed by atoms with Gasteiger partial charge in [0.15, 0.2) is 5.78 Å². The molecule has 2 atom stereocenters. The van der Waals surface area contributed by atoms with Crippen molar-refractivity contribution < 1.29 is 4.79 Å². The van der Waals surface area contributed by atoms with E-state index in [2.05, 4.69) is 26.5 Å². The second-order valence-corrected chi connectivity index (χ2v) is 5.68. The lowest BCUT2D eigenvalue weighted by Gasteiger charge is -2.09. The fourth-order valence-electron chi connectivity index (χ4n) is 2.94. The second kappa shape index (κ2) is 3.33. The molecule has 0 aromatic heterocycles. The van der Waals surface area contributed by atoms with Gasteiger partial charge in [0, 0.05) is 6.42 Å². The molecule has 1 heteroatoms. The van der Waals surface area contributed by atoms with Gasteiger partial charge in [-0.15, -0.1) is 6.58 Å². The molecular formula is C14H20O. The molecule has 0 saturated heterocycles. The quantitative estimate of drug-likeness (QED) is 0.640. The molecule has 1 nitrogen and oxygen atoms in total. The molecule has 0 N–H and O–H groups in total. The predicted octanol–water partition coefficient (Wildman–Crippen LogP) is 3.51. The highest BCUT2D eigenvalue weighted by molar-refractivity contribution is 5.97. The molecule has 0 aliphatic heterocycles. The lowest BCUT2D eigenvalue weighted by atomic mass is 9.95. The van der Waals surface area contributed by atoms with Crippen LogP contribution in [0.5, 0.6) is 0 Å². The van der Waals surface area contributed by atoms with E-state index in [1.165, 1.54) is 0 Å². The number of rotatable bonds is 4. The van der Waals surface area contributed by atoms with Gasteiger partial charge in [-0.1, -0.05) is 25.5 Å². The van der Waals surface area contributed by atoms with Crippen LogP contribution in [0, 0.1) is 17.3 Å². The highest BCUT2D eigenvalue weighted by Gasteiger charge is 2.61. The van der Waals surface area contributed by atoms with Crippen molar-refractivity contribution in [2.24, 2.45) is 17.3 Å². The average molecular weight is 204 g/mol. The number of hydrogen-bond donors (Lipinski definition) is 0. The Labute approximate surface area is 92.3 Å². The van der Waals surface area contributed by atoms with E-state index in [-0.39, 0.29) is 0 Å². The zero-order valence-electron chi connectivity index (χ0n) is 9.97. The Kier molecular flexibility index (Phi) is 2.37. The molecule has 0 heterocycles. The van der Waals surface area contributed by atoms with E-state index in [9.17, 15) is 4.79 Å². The van der Waals surface area contributed by atoms with Crippen molar-refractivity contribution in [3.8, 4) is 0 Å². The maximum absolute atomic E-state index is 12.0. The Hall–Kier alpha value is -0.850. The molecule has 0 amide bonds. The molecule has 0 spiro atoms. The van der Waals surface area contributed by atoms with Crippen molar-refractivity contribution in [1.82, 2.24) is 0 Å². The standard InChI is InChI=1S/C14H20O/c1-9(2)5-8-12(15)10-6-7-11-13(10)14(11,3)4/h6,11,13H,1,5,7-8H2,2-4H3. The van der Waals surface area contributed by atoms with Crippen LogP contribution < -0.4 is 0 Å². The van der Waals surface area contributed by atoms with Gasteiger partial charge in [-0.3, -0.25) is 4.79 Å². The molecule has 0 aromatic carbocycles. The maximum atomic E-state index is 12.0. The van der Waals surface area contributed by atoms with E-state index < -0.39 is 0 Å². The van der Waals surface area contributed by atoms with E-state index >= 15 is 0 Å². The normalized spacial score (nSPS) is 30.7. The molecule has 15 heavy (non-hydrogen) atoms. The molecule has 0 aromatic rings. The van der Waals surface area contributed by atoms with Crippen molar-refractivity contribution in [2.45, 2.75) is 40.0 Å². The highest BCUT2D eigenvalue weighted by atomic mass is 16.1. The van der Waals surface area contributed by atoms with Crippen molar-refractivity contribution in [3.63, 3.8) is 0 Å². The first kappa shape index (κ1) is 10.7. The number of fused-ring (bicyclic) bond motifs is 1. The summed E-state index contributed by atoms with van der Waals surface area (Å²) in [6.07, 6.45) is 4.78. The summed E-state index contributed by atoms with van der Waals surface area (Å²) in [4.78, 5) is 12.0. The third kappa shape index (κ3) is 1.68. The van der Waals surface area contributed by atoms with Crippen LogP contribution in [0.4, 0.5) is 0 Å². The molecule has 1 fully saturated rings. The Morgan fingerprint density at radius 2 is 2.20 bits per heavy atom. The molecule has 82 valence electrons. The van der Waals surface area contributed by atoms with Gasteiger partial charge in [0.05, 0.1) is 0 Å². The van der Waals surface area contributed by atoms with Crippen molar-refractivity contribution in [1.29, 1.82) is 0 Å². The zero-order valence-corrected chi connectivity index (χ0v) is 9.97. The minimum atomic E-state index is 0.357. The molecule has 0 bridgehead atoms. The molecule has 1 saturated carbocycles. The van der Waals surface area contributed by atoms with E-state index in [1.807, 2.05) is 6.92 Å². The summed E-state index contributed by atoms with van der Waals surface area (Å²) in [5.74, 6) is 1.67. The lowest BCUT2D eigenvalue weighted by molar-refractivity contribution is -0.115. The summed E-state index contributed by atoms with van der Waals surface area (Å²) in [7, 11) is 0. The molecular weight excluding hydrogens is 184 g/mol. The topological polar surface area (TPSA) is 17.1 Å². The van der Waals surface area contributed by atoms with Gasteiger partial charge in [0.25, 0.3) is 0 Å². The van der Waals surface area contributed by atoms with E-state index in [4.69, 9.17) is 0 Å². The van der Waals surface area contributed by atoms with Crippen LogP contribution in [0.2, 0.25) is 0 Å². The number of Topliss-reactive ketones (excluding diaryl/α,β-unsaturated/α-hetero) is 1. The van der Waals surface area contributed by atoms with Gasteiger partial charge >= 0.3 is 0 Å². The van der Waals surface area contributed by atoms with Crippen LogP contribution in [0.1, 0.15) is 40.0 Å². The summed E-state index contributed by atoms with van der Waals surface area (Å²) in [6.45, 7) is 10.4. The minimum Gasteiger partial charge on any atom is -0.295 e. The van der Waals surface area contributed by atoms with Gasteiger partial charge in [0.1, 0.15) is 0 Å². The fraction of sp³-hybridized carbons (Fsp3) is 0.643. The third-order valence-electron chi connectivity index (χ3n) is 4.08. The number of carbonyl (C=O) groups is 1. The van der Waals surface area contributed by atoms with Crippen molar-refractivity contribution in [2.75, 3.05) is 0 Å². The van der Waals surface area contributed by atoms with Gasteiger partial charge in [-0.2, -0.15) is 0 Å². The molecule has 2 aliphatic carbocycles. The number of hydrogen-bond acceptors (Lipinski definition) is 1. The Balaban J connectivity index is 1.96. The summed E-state index contributed by atoms with van der Waals surface area (Å²) < 4.78 is 0. The van der Waals surface area contributed by atoms with E-state index in [0.29, 0.717) is 23.5 Å². The predicted molar refractivity (Wildman–Crippen MR) is 62.5 cm³/mol. The molecule has 2 aliphatic rings. The zero-order chi connectivity index (χ0) is 11.2. The van der Waals surface area contributed by atoms with Gasteiger partial charge < -0.3 is 0 Å². The highest BCUT2D eigenvalue weighted by Crippen LogP contribution is 2.67. The first-order valence-electron chi connectivity index (χ1n) is 5.82. The minimum absolute atomic E-state index is 0.357. The van der Waals surface area contributed by atoms with Crippen molar-refractivity contribution >= 4 is 5.78 Å². The van der Waals surface area contributed by atoms with Crippen LogP contribution in [0.25, 0.3) is 0 Å². The molecule has 2 unspecified atom stereocenters. The SMILES string of the molecule is C=C(C)CCC(=O)C1=CCC2C1C2(C)C. The van der Waals surface area contributed by atoms with Gasteiger partial charge in [-0.25, -0.2) is 0 Å². The number of ketones is 1. The largest absolute Gasteiger partial charge is 0.295 e. The second-order valence-electron chi connectivity index (χ2n) is 5.68. The summed E-state index contributed by atoms with van der Waals surface area (Å²) in [5.41, 5.74) is 2.61. The van der Waals surface area contributed by atoms with Crippen LogP contribution in [-0.2, 0) is 4.79 Å². The molecule has 2 rings (SSSR count). The summed E-state index contributed by atoms with van der Waals surface area (Å²) >= 11 is 0. The van der Waals surface area contributed by atoms with Gasteiger partial charge in [-0.05, 0) is 42.6 Å². The number of carbonyl (C=O) groups excluding carboxylic acids is 1. The van der Waals surface area contributed by atoms with Crippen LogP contribution in [0.3, 0.4) is 0 Å². The molecule has 0 radical (unpaired) electrons. The van der Waals surface area contributed by atoms with Crippen LogP contribution in [0.15, 0.2) is 23.8 Å².